The molecule has 0 spiro atoms. The SMILES string of the molecule is COc1ccc(-c2ccncc2N)cn1.Cc1cccnc1-c1ccncc1N.Cc1ccncc1-c1ccncc1N.Cc1nnccc1-c1ccncc1N.Nc1cnccc1-c1ccc[nH]c1=O.Nc1cnccc1-c1cncnc1. The van der Waals surface area contributed by atoms with Crippen LogP contribution in [0.3, 0.4) is 0 Å². The van der Waals surface area contributed by atoms with Crippen LogP contribution in [0.2, 0.25) is 0 Å². The Morgan fingerprint density at radius 2 is 0.857 bits per heavy atom. The maximum atomic E-state index is 11.4. The molecular weight excluding hydrogens is 1060 g/mol. The van der Waals surface area contributed by atoms with E-state index < -0.39 is 0 Å². The fourth-order valence-electron chi connectivity index (χ4n) is 7.85. The molecule has 12 heterocycles. The van der Waals surface area contributed by atoms with Crippen LogP contribution in [0.5, 0.6) is 5.88 Å². The standard InChI is InChI=1S/C11H11N3O.2C11H11N3.C10H10N4.C10H9N3O.C9H8N4/c1-15-11-3-2-8(6-14-11)9-4-5-13-7-10(9)12;1-8-2-4-13-6-10(8)9-3-5-14-7-11(9)12;1-8-3-2-5-14-11(8)9-4-6-13-7-10(9)12;1-7-8(3-5-13-14-7)9-2-4-12-6-10(9)11;11-9-6-12-5-3-7(9)8-2-1-4-13-10(8)14;10-9-5-11-2-1-8(9)7-3-12-6-13-4-7/h2-7H,12H2,1H3;2*2-7H,12H2,1H3;2-6H,11H2,1H3;1-6H,11H2,(H,13,14);1-6H,10H2. The Morgan fingerprint density at radius 1 is 0.381 bits per heavy atom. The normalized spacial score (nSPS) is 10.0. The highest BCUT2D eigenvalue weighted by atomic mass is 16.5. The number of ether oxygens (including phenoxy) is 1. The van der Waals surface area contributed by atoms with Crippen LogP contribution >= 0.6 is 0 Å². The Morgan fingerprint density at radius 3 is 1.33 bits per heavy atom. The highest BCUT2D eigenvalue weighted by Crippen LogP contribution is 2.29. The van der Waals surface area contributed by atoms with Gasteiger partial charge in [-0.05, 0) is 105 Å². The maximum absolute atomic E-state index is 11.4. The lowest BCUT2D eigenvalue weighted by Gasteiger charge is -2.06. The Labute approximate surface area is 484 Å². The zero-order chi connectivity index (χ0) is 59.6. The van der Waals surface area contributed by atoms with Crippen molar-refractivity contribution in [1.82, 2.24) is 70.0 Å². The summed E-state index contributed by atoms with van der Waals surface area (Å²) in [6, 6.07) is 26.1. The van der Waals surface area contributed by atoms with Gasteiger partial charge in [-0.1, -0.05) is 6.07 Å². The molecule has 0 saturated carbocycles. The number of aryl methyl sites for hydroxylation is 3. The predicted octanol–water partition coefficient (Wildman–Crippen LogP) is 9.37. The summed E-state index contributed by atoms with van der Waals surface area (Å²) in [6.07, 6.45) is 35.1. The molecule has 13 N–H and O–H groups in total. The number of aromatic amines is 1. The first-order chi connectivity index (χ1) is 40.8. The minimum Gasteiger partial charge on any atom is -0.481 e. The topological polar surface area (TPSA) is 366 Å². The number of hydrogen-bond donors (Lipinski definition) is 7. The lowest BCUT2D eigenvalue weighted by molar-refractivity contribution is 0.398. The van der Waals surface area contributed by atoms with Crippen LogP contribution in [0.4, 0.5) is 34.1 Å². The first-order valence-electron chi connectivity index (χ1n) is 25.6. The number of hydrogen-bond acceptors (Lipinski definition) is 21. The van der Waals surface area contributed by atoms with Gasteiger partial charge in [-0.3, -0.25) is 44.7 Å². The van der Waals surface area contributed by atoms with E-state index in [-0.39, 0.29) is 5.56 Å². The predicted molar refractivity (Wildman–Crippen MR) is 330 cm³/mol. The average Bonchev–Trinajstić information content (AvgIpc) is 3.73. The van der Waals surface area contributed by atoms with Crippen molar-refractivity contribution < 1.29 is 4.74 Å². The van der Waals surface area contributed by atoms with Crippen molar-refractivity contribution in [3.63, 3.8) is 0 Å². The number of nitrogen functional groups attached to an aromatic ring is 6. The third-order valence-electron chi connectivity index (χ3n) is 12.1. The average molecular weight is 1120 g/mol. The van der Waals surface area contributed by atoms with Gasteiger partial charge in [0.2, 0.25) is 5.88 Å². The van der Waals surface area contributed by atoms with E-state index in [0.717, 1.165) is 72.6 Å². The van der Waals surface area contributed by atoms with Crippen molar-refractivity contribution >= 4 is 34.1 Å². The molecule has 22 heteroatoms. The Hall–Kier alpha value is -11.9. The van der Waals surface area contributed by atoms with Crippen LogP contribution in [0, 0.1) is 20.8 Å². The Balaban J connectivity index is 0.000000145. The van der Waals surface area contributed by atoms with Crippen molar-refractivity contribution in [2.24, 2.45) is 0 Å². The molecule has 0 bridgehead atoms. The molecule has 22 nitrogen and oxygen atoms in total. The number of anilines is 6. The molecule has 0 radical (unpaired) electrons. The molecule has 420 valence electrons. The molecule has 0 saturated heterocycles. The summed E-state index contributed by atoms with van der Waals surface area (Å²) in [5.74, 6) is 0.589. The van der Waals surface area contributed by atoms with Crippen molar-refractivity contribution in [2.45, 2.75) is 20.8 Å². The number of rotatable bonds is 7. The van der Waals surface area contributed by atoms with Crippen molar-refractivity contribution in [1.29, 1.82) is 0 Å². The highest BCUT2D eigenvalue weighted by Gasteiger charge is 2.09. The summed E-state index contributed by atoms with van der Waals surface area (Å²) in [4.78, 5) is 57.9. The monoisotopic (exact) mass is 1120 g/mol. The van der Waals surface area contributed by atoms with E-state index in [1.165, 1.54) is 12.5 Å². The minimum atomic E-state index is -0.148. The fourth-order valence-corrected chi connectivity index (χ4v) is 7.85. The quantitative estimate of drug-likeness (QED) is 0.0781. The van der Waals surface area contributed by atoms with E-state index in [1.807, 2.05) is 87.6 Å². The number of H-pyrrole nitrogens is 1. The molecule has 0 amide bonds. The summed E-state index contributed by atoms with van der Waals surface area (Å²) in [5.41, 5.74) is 52.3. The number of nitrogens with one attached hydrogen (secondary N) is 1. The number of aromatic nitrogens is 14. The zero-order valence-electron chi connectivity index (χ0n) is 46.3. The van der Waals surface area contributed by atoms with E-state index in [0.29, 0.717) is 51.1 Å². The van der Waals surface area contributed by atoms with Gasteiger partial charge in [0, 0.05) is 148 Å². The maximum Gasteiger partial charge on any atom is 0.255 e. The largest absolute Gasteiger partial charge is 0.481 e. The molecule has 0 aliphatic carbocycles. The van der Waals surface area contributed by atoms with E-state index in [2.05, 4.69) is 70.0 Å². The summed E-state index contributed by atoms with van der Waals surface area (Å²) < 4.78 is 4.98. The molecule has 12 rings (SSSR count). The van der Waals surface area contributed by atoms with Gasteiger partial charge in [-0.2, -0.15) is 10.2 Å². The van der Waals surface area contributed by atoms with Crippen LogP contribution in [0.25, 0.3) is 66.9 Å². The third kappa shape index (κ3) is 16.6. The van der Waals surface area contributed by atoms with Gasteiger partial charge >= 0.3 is 0 Å². The van der Waals surface area contributed by atoms with Crippen LogP contribution in [0.1, 0.15) is 16.8 Å². The summed E-state index contributed by atoms with van der Waals surface area (Å²) in [7, 11) is 1.59. The number of nitrogens with two attached hydrogens (primary N) is 6. The second kappa shape index (κ2) is 30.4. The summed E-state index contributed by atoms with van der Waals surface area (Å²) in [5, 5.41) is 7.76. The van der Waals surface area contributed by atoms with Gasteiger partial charge in [-0.25, -0.2) is 15.0 Å². The van der Waals surface area contributed by atoms with Crippen LogP contribution < -0.4 is 44.7 Å². The Bertz CT molecular complexity index is 3740. The molecule has 0 aromatic carbocycles. The molecule has 12 aromatic rings. The van der Waals surface area contributed by atoms with Gasteiger partial charge in [0.1, 0.15) is 6.33 Å². The lowest BCUT2D eigenvalue weighted by atomic mass is 10.0. The zero-order valence-corrected chi connectivity index (χ0v) is 46.3. The summed E-state index contributed by atoms with van der Waals surface area (Å²) >= 11 is 0. The van der Waals surface area contributed by atoms with Gasteiger partial charge in [0.25, 0.3) is 5.56 Å². The second-order valence-corrected chi connectivity index (χ2v) is 17.8. The molecule has 0 fully saturated rings. The van der Waals surface area contributed by atoms with Crippen LogP contribution in [-0.2, 0) is 0 Å². The van der Waals surface area contributed by atoms with Gasteiger partial charge in [-0.15, -0.1) is 0 Å². The molecular formula is C62H60N20O2. The second-order valence-electron chi connectivity index (χ2n) is 17.8. The molecule has 84 heavy (non-hydrogen) atoms. The first kappa shape index (κ1) is 59.7. The molecule has 0 aliphatic rings. The summed E-state index contributed by atoms with van der Waals surface area (Å²) in [6.45, 7) is 5.96. The lowest BCUT2D eigenvalue weighted by Crippen LogP contribution is -2.08. The number of nitrogens with zero attached hydrogens (tertiary/aromatic N) is 13. The Kier molecular flexibility index (Phi) is 21.6. The molecule has 0 atom stereocenters. The van der Waals surface area contributed by atoms with Crippen molar-refractivity contribution in [2.75, 3.05) is 41.5 Å². The van der Waals surface area contributed by atoms with Gasteiger partial charge in [0.05, 0.1) is 96.0 Å². The van der Waals surface area contributed by atoms with Gasteiger partial charge in [0.15, 0.2) is 0 Å². The first-order valence-corrected chi connectivity index (χ1v) is 25.6. The smallest absolute Gasteiger partial charge is 0.255 e. The van der Waals surface area contributed by atoms with E-state index in [4.69, 9.17) is 39.1 Å². The molecule has 0 unspecified atom stereocenters. The van der Waals surface area contributed by atoms with E-state index in [1.54, 1.807) is 143 Å². The minimum absolute atomic E-state index is 0.148. The van der Waals surface area contributed by atoms with Crippen molar-refractivity contribution in [3.05, 3.63) is 242 Å². The highest BCUT2D eigenvalue weighted by molar-refractivity contribution is 5.79. The fraction of sp³-hybridized carbons (Fsp3) is 0.0645. The van der Waals surface area contributed by atoms with Gasteiger partial charge < -0.3 is 44.1 Å². The van der Waals surface area contributed by atoms with E-state index >= 15 is 0 Å². The van der Waals surface area contributed by atoms with Crippen LogP contribution in [-0.4, -0.2) is 77.1 Å². The van der Waals surface area contributed by atoms with Crippen molar-refractivity contribution in [3.8, 4) is 72.8 Å². The number of pyridine rings is 10. The molecule has 0 aliphatic heterocycles. The third-order valence-corrected chi connectivity index (χ3v) is 12.1. The number of methoxy groups -OCH3 is 1. The van der Waals surface area contributed by atoms with Crippen LogP contribution in [0.15, 0.2) is 220 Å². The van der Waals surface area contributed by atoms with E-state index in [9.17, 15) is 4.79 Å². The molecule has 12 aromatic heterocycles.